The van der Waals surface area contributed by atoms with Gasteiger partial charge in [0.2, 0.25) is 5.88 Å². The highest BCUT2D eigenvalue weighted by molar-refractivity contribution is 5.16. The zero-order valence-corrected chi connectivity index (χ0v) is 8.24. The summed E-state index contributed by atoms with van der Waals surface area (Å²) in [6, 6.07) is 0.437. The Hall–Kier alpha value is -1.16. The summed E-state index contributed by atoms with van der Waals surface area (Å²) in [5.41, 5.74) is 0.846. The summed E-state index contributed by atoms with van der Waals surface area (Å²) in [6.07, 6.45) is 3.29. The fourth-order valence-electron chi connectivity index (χ4n) is 0.947. The van der Waals surface area contributed by atoms with Crippen LogP contribution in [0.2, 0.25) is 0 Å². The fourth-order valence-corrected chi connectivity index (χ4v) is 0.947. The predicted octanol–water partition coefficient (Wildman–Crippen LogP) is 0.983. The molecule has 1 aromatic rings. The van der Waals surface area contributed by atoms with E-state index in [0.29, 0.717) is 18.5 Å². The standard InChI is InChI=1S/C9H15N3O/c1-7(2)12-6-8-9(13-3)11-5-4-10-8/h4-5,7,12H,6H2,1-3H3. The average Bonchev–Trinajstić information content (AvgIpc) is 2.15. The van der Waals surface area contributed by atoms with Gasteiger partial charge in [-0.2, -0.15) is 0 Å². The van der Waals surface area contributed by atoms with Crippen molar-refractivity contribution in [2.24, 2.45) is 0 Å². The Labute approximate surface area is 78.4 Å². The minimum absolute atomic E-state index is 0.437. The fraction of sp³-hybridized carbons (Fsp3) is 0.556. The van der Waals surface area contributed by atoms with Gasteiger partial charge < -0.3 is 10.1 Å². The first-order valence-corrected chi connectivity index (χ1v) is 4.31. The van der Waals surface area contributed by atoms with E-state index in [1.54, 1.807) is 19.5 Å². The Morgan fingerprint density at radius 3 is 2.69 bits per heavy atom. The Kier molecular flexibility index (Phi) is 3.64. The van der Waals surface area contributed by atoms with E-state index in [9.17, 15) is 0 Å². The maximum Gasteiger partial charge on any atom is 0.236 e. The van der Waals surface area contributed by atoms with Crippen LogP contribution in [0.15, 0.2) is 12.4 Å². The third kappa shape index (κ3) is 2.99. The number of hydrogen-bond acceptors (Lipinski definition) is 4. The van der Waals surface area contributed by atoms with Crippen LogP contribution in [0.1, 0.15) is 19.5 Å². The molecule has 0 saturated carbocycles. The number of aromatic nitrogens is 2. The minimum Gasteiger partial charge on any atom is -0.480 e. The molecule has 0 aliphatic rings. The number of hydrogen-bond donors (Lipinski definition) is 1. The van der Waals surface area contributed by atoms with Crippen LogP contribution in [-0.4, -0.2) is 23.1 Å². The van der Waals surface area contributed by atoms with E-state index in [2.05, 4.69) is 29.1 Å². The molecule has 0 unspecified atom stereocenters. The molecule has 0 aliphatic heterocycles. The van der Waals surface area contributed by atoms with E-state index in [1.807, 2.05) is 0 Å². The van der Waals surface area contributed by atoms with Gasteiger partial charge in [-0.05, 0) is 0 Å². The van der Waals surface area contributed by atoms with Crippen molar-refractivity contribution in [2.45, 2.75) is 26.4 Å². The second-order valence-corrected chi connectivity index (χ2v) is 3.05. The molecule has 1 N–H and O–H groups in total. The summed E-state index contributed by atoms with van der Waals surface area (Å²) in [5, 5.41) is 3.25. The summed E-state index contributed by atoms with van der Waals surface area (Å²) in [5.74, 6) is 0.593. The van der Waals surface area contributed by atoms with Gasteiger partial charge in [-0.1, -0.05) is 13.8 Å². The summed E-state index contributed by atoms with van der Waals surface area (Å²) < 4.78 is 5.06. The average molecular weight is 181 g/mol. The summed E-state index contributed by atoms with van der Waals surface area (Å²) in [7, 11) is 1.60. The summed E-state index contributed by atoms with van der Waals surface area (Å²) in [6.45, 7) is 4.86. The first-order valence-electron chi connectivity index (χ1n) is 4.31. The number of nitrogens with zero attached hydrogens (tertiary/aromatic N) is 2. The van der Waals surface area contributed by atoms with Crippen molar-refractivity contribution in [3.63, 3.8) is 0 Å². The molecule has 0 saturated heterocycles. The van der Waals surface area contributed by atoms with Gasteiger partial charge in [0.15, 0.2) is 0 Å². The number of rotatable bonds is 4. The molecular formula is C9H15N3O. The maximum absolute atomic E-state index is 5.06. The van der Waals surface area contributed by atoms with Gasteiger partial charge in [-0.15, -0.1) is 0 Å². The number of ether oxygens (including phenoxy) is 1. The third-order valence-corrected chi connectivity index (χ3v) is 1.61. The maximum atomic E-state index is 5.06. The van der Waals surface area contributed by atoms with E-state index < -0.39 is 0 Å². The van der Waals surface area contributed by atoms with E-state index in [-0.39, 0.29) is 0 Å². The Bertz CT molecular complexity index is 263. The molecule has 0 aliphatic carbocycles. The molecule has 0 fully saturated rings. The second kappa shape index (κ2) is 4.77. The van der Waals surface area contributed by atoms with Crippen LogP contribution < -0.4 is 10.1 Å². The van der Waals surface area contributed by atoms with E-state index >= 15 is 0 Å². The van der Waals surface area contributed by atoms with Crippen LogP contribution in [0.5, 0.6) is 5.88 Å². The van der Waals surface area contributed by atoms with Crippen molar-refractivity contribution in [2.75, 3.05) is 7.11 Å². The van der Waals surface area contributed by atoms with Crippen LogP contribution in [0.25, 0.3) is 0 Å². The molecule has 0 radical (unpaired) electrons. The van der Waals surface area contributed by atoms with E-state index in [4.69, 9.17) is 4.74 Å². The van der Waals surface area contributed by atoms with Crippen LogP contribution >= 0.6 is 0 Å². The van der Waals surface area contributed by atoms with Crippen molar-refractivity contribution in [3.8, 4) is 5.88 Å². The predicted molar refractivity (Wildman–Crippen MR) is 50.6 cm³/mol. The SMILES string of the molecule is COc1nccnc1CNC(C)C. The lowest BCUT2D eigenvalue weighted by molar-refractivity contribution is 0.385. The first kappa shape index (κ1) is 9.92. The molecule has 1 heterocycles. The van der Waals surface area contributed by atoms with Crippen molar-refractivity contribution in [1.29, 1.82) is 0 Å². The van der Waals surface area contributed by atoms with Gasteiger partial charge in [0.25, 0.3) is 0 Å². The topological polar surface area (TPSA) is 47.0 Å². The van der Waals surface area contributed by atoms with Crippen molar-refractivity contribution < 1.29 is 4.74 Å². The molecule has 0 aromatic carbocycles. The van der Waals surface area contributed by atoms with Gasteiger partial charge in [-0.25, -0.2) is 4.98 Å². The smallest absolute Gasteiger partial charge is 0.236 e. The summed E-state index contributed by atoms with van der Waals surface area (Å²) in [4.78, 5) is 8.22. The number of nitrogens with one attached hydrogen (secondary N) is 1. The summed E-state index contributed by atoms with van der Waals surface area (Å²) >= 11 is 0. The van der Waals surface area contributed by atoms with Gasteiger partial charge in [0.05, 0.1) is 7.11 Å². The van der Waals surface area contributed by atoms with E-state index in [0.717, 1.165) is 5.69 Å². The molecule has 0 bridgehead atoms. The molecule has 4 heteroatoms. The monoisotopic (exact) mass is 181 g/mol. The highest BCUT2D eigenvalue weighted by Gasteiger charge is 2.04. The molecule has 0 atom stereocenters. The normalized spacial score (nSPS) is 10.5. The molecule has 72 valence electrons. The highest BCUT2D eigenvalue weighted by Crippen LogP contribution is 2.09. The van der Waals surface area contributed by atoms with Gasteiger partial charge >= 0.3 is 0 Å². The molecule has 1 aromatic heterocycles. The quantitative estimate of drug-likeness (QED) is 0.752. The highest BCUT2D eigenvalue weighted by atomic mass is 16.5. The van der Waals surface area contributed by atoms with Crippen LogP contribution in [0.3, 0.4) is 0 Å². The van der Waals surface area contributed by atoms with Crippen LogP contribution in [-0.2, 0) is 6.54 Å². The minimum atomic E-state index is 0.437. The van der Waals surface area contributed by atoms with Gasteiger partial charge in [0.1, 0.15) is 5.69 Å². The van der Waals surface area contributed by atoms with Gasteiger partial charge in [0, 0.05) is 25.0 Å². The van der Waals surface area contributed by atoms with Crippen LogP contribution in [0.4, 0.5) is 0 Å². The van der Waals surface area contributed by atoms with Gasteiger partial charge in [-0.3, -0.25) is 4.98 Å². The van der Waals surface area contributed by atoms with Crippen molar-refractivity contribution in [1.82, 2.24) is 15.3 Å². The molecular weight excluding hydrogens is 166 g/mol. The lowest BCUT2D eigenvalue weighted by Gasteiger charge is -2.09. The van der Waals surface area contributed by atoms with E-state index in [1.165, 1.54) is 0 Å². The van der Waals surface area contributed by atoms with Crippen molar-refractivity contribution >= 4 is 0 Å². The zero-order valence-electron chi connectivity index (χ0n) is 8.24. The number of methoxy groups -OCH3 is 1. The van der Waals surface area contributed by atoms with Crippen LogP contribution in [0, 0.1) is 0 Å². The first-order chi connectivity index (χ1) is 6.24. The Balaban J connectivity index is 2.64. The lowest BCUT2D eigenvalue weighted by atomic mass is 10.3. The molecule has 13 heavy (non-hydrogen) atoms. The Morgan fingerprint density at radius 1 is 1.38 bits per heavy atom. The molecule has 0 spiro atoms. The third-order valence-electron chi connectivity index (χ3n) is 1.61. The molecule has 4 nitrogen and oxygen atoms in total. The Morgan fingerprint density at radius 2 is 2.08 bits per heavy atom. The molecule has 0 amide bonds. The molecule has 1 rings (SSSR count). The second-order valence-electron chi connectivity index (χ2n) is 3.05. The zero-order chi connectivity index (χ0) is 9.68. The van der Waals surface area contributed by atoms with Crippen molar-refractivity contribution in [3.05, 3.63) is 18.1 Å². The largest absolute Gasteiger partial charge is 0.480 e. The lowest BCUT2D eigenvalue weighted by Crippen LogP contribution is -2.22.